The molecule has 2 rings (SSSR count). The Balaban J connectivity index is 2.79. The second-order valence-corrected chi connectivity index (χ2v) is 8.54. The van der Waals surface area contributed by atoms with E-state index >= 15 is 0 Å². The van der Waals surface area contributed by atoms with Crippen LogP contribution in [0.4, 0.5) is 5.69 Å². The monoisotopic (exact) mass is 450 g/mol. The third-order valence-corrected chi connectivity index (χ3v) is 4.89. The number of non-ortho nitro benzene ring substituents is 1. The summed E-state index contributed by atoms with van der Waals surface area (Å²) in [6.07, 6.45) is 0. The van der Waals surface area contributed by atoms with Gasteiger partial charge in [-0.2, -0.15) is 0 Å². The highest BCUT2D eigenvalue weighted by Crippen LogP contribution is 2.43. The Morgan fingerprint density at radius 3 is 2.42 bits per heavy atom. The second kappa shape index (κ2) is 9.51. The van der Waals surface area contributed by atoms with E-state index in [0.717, 1.165) is 0 Å². The van der Waals surface area contributed by atoms with Crippen molar-refractivity contribution >= 4 is 29.0 Å². The van der Waals surface area contributed by atoms with Gasteiger partial charge in [-0.15, -0.1) is 11.6 Å². The Hall–Kier alpha value is -2.87. The number of nitrogens with zero attached hydrogens (tertiary/aromatic N) is 2. The van der Waals surface area contributed by atoms with Crippen LogP contribution in [0.1, 0.15) is 46.1 Å². The lowest BCUT2D eigenvalue weighted by atomic mass is 9.79. The lowest BCUT2D eigenvalue weighted by Gasteiger charge is -2.37. The van der Waals surface area contributed by atoms with E-state index in [1.54, 1.807) is 45.7 Å². The van der Waals surface area contributed by atoms with E-state index in [1.807, 2.05) is 0 Å². The fourth-order valence-electron chi connectivity index (χ4n) is 3.40. The highest BCUT2D eigenvalue weighted by atomic mass is 35.5. The lowest BCUT2D eigenvalue weighted by Crippen LogP contribution is -2.36. The summed E-state index contributed by atoms with van der Waals surface area (Å²) in [7, 11) is 1.68. The Labute approximate surface area is 186 Å². The number of ether oxygens (including phenoxy) is 2. The maximum Gasteiger partial charge on any atom is 0.337 e. The van der Waals surface area contributed by atoms with Crippen molar-refractivity contribution in [3.8, 4) is 0 Å². The minimum atomic E-state index is -0.895. The number of rotatable bonds is 7. The minimum Gasteiger partial charge on any atom is -0.477 e. The molecule has 1 aliphatic heterocycles. The van der Waals surface area contributed by atoms with E-state index in [4.69, 9.17) is 21.1 Å². The first kappa shape index (κ1) is 24.4. The number of hydrogen-bond donors (Lipinski definition) is 0. The molecule has 31 heavy (non-hydrogen) atoms. The van der Waals surface area contributed by atoms with Crippen LogP contribution in [-0.2, 0) is 19.1 Å². The van der Waals surface area contributed by atoms with Gasteiger partial charge in [0.25, 0.3) is 5.69 Å². The number of alkyl halides is 1. The van der Waals surface area contributed by atoms with Gasteiger partial charge in [0, 0.05) is 24.9 Å². The van der Waals surface area contributed by atoms with Gasteiger partial charge in [0.1, 0.15) is 12.2 Å². The van der Waals surface area contributed by atoms with Crippen molar-refractivity contribution in [1.29, 1.82) is 0 Å². The Bertz CT molecular complexity index is 961. The molecule has 0 spiro atoms. The first-order valence-corrected chi connectivity index (χ1v) is 10.3. The van der Waals surface area contributed by atoms with Crippen LogP contribution in [-0.4, -0.2) is 46.7 Å². The molecule has 0 bridgehead atoms. The van der Waals surface area contributed by atoms with Crippen LogP contribution < -0.4 is 0 Å². The standard InChI is InChI=1S/C22H27ClN2O6/c1-13-17(21(27)31-22(3,4)5)19(15-8-7-9-16(12-15)25(28)29)18(14(2)26)20(24(13)6)30-11-10-23/h7-9,12,19H,10-11H2,1-6H3. The molecular formula is C22H27ClN2O6. The molecule has 0 saturated carbocycles. The van der Waals surface area contributed by atoms with Crippen molar-refractivity contribution in [1.82, 2.24) is 4.90 Å². The van der Waals surface area contributed by atoms with Gasteiger partial charge in [-0.3, -0.25) is 14.9 Å². The number of carbonyl (C=O) groups is 2. The molecule has 0 radical (unpaired) electrons. The summed E-state index contributed by atoms with van der Waals surface area (Å²) >= 11 is 5.78. The van der Waals surface area contributed by atoms with Crippen molar-refractivity contribution in [3.05, 3.63) is 62.7 Å². The zero-order chi connectivity index (χ0) is 23.5. The van der Waals surface area contributed by atoms with E-state index in [9.17, 15) is 19.7 Å². The molecule has 1 aliphatic rings. The number of ketones is 1. The molecule has 1 heterocycles. The number of Topliss-reactive ketones (excluding diaryl/α,β-unsaturated/α-hetero) is 1. The third kappa shape index (κ3) is 5.44. The molecule has 0 amide bonds. The fraction of sp³-hybridized carbons (Fsp3) is 0.455. The zero-order valence-electron chi connectivity index (χ0n) is 18.5. The average Bonchev–Trinajstić information content (AvgIpc) is 2.66. The van der Waals surface area contributed by atoms with Crippen LogP contribution in [0.2, 0.25) is 0 Å². The lowest BCUT2D eigenvalue weighted by molar-refractivity contribution is -0.384. The van der Waals surface area contributed by atoms with E-state index in [1.165, 1.54) is 25.1 Å². The Morgan fingerprint density at radius 2 is 1.90 bits per heavy atom. The van der Waals surface area contributed by atoms with Gasteiger partial charge >= 0.3 is 5.97 Å². The van der Waals surface area contributed by atoms with E-state index in [0.29, 0.717) is 11.3 Å². The number of nitro benzene ring substituents is 1. The number of allylic oxidation sites excluding steroid dienone is 2. The predicted molar refractivity (Wildman–Crippen MR) is 117 cm³/mol. The summed E-state index contributed by atoms with van der Waals surface area (Å²) in [4.78, 5) is 38.4. The van der Waals surface area contributed by atoms with Crippen LogP contribution in [0.5, 0.6) is 0 Å². The van der Waals surface area contributed by atoms with Crippen LogP contribution in [0.3, 0.4) is 0 Å². The third-order valence-electron chi connectivity index (χ3n) is 4.73. The summed E-state index contributed by atoms with van der Waals surface area (Å²) in [6.45, 7) is 8.45. The average molecular weight is 451 g/mol. The number of nitro groups is 1. The van der Waals surface area contributed by atoms with Crippen molar-refractivity contribution < 1.29 is 24.0 Å². The number of hydrogen-bond acceptors (Lipinski definition) is 7. The topological polar surface area (TPSA) is 99.0 Å². The maximum atomic E-state index is 13.2. The number of esters is 1. The van der Waals surface area contributed by atoms with E-state index in [2.05, 4.69) is 0 Å². The Kier molecular flexibility index (Phi) is 7.49. The predicted octanol–water partition coefficient (Wildman–Crippen LogP) is 4.30. The van der Waals surface area contributed by atoms with Crippen molar-refractivity contribution in [2.45, 2.75) is 46.1 Å². The molecule has 1 unspecified atom stereocenters. The molecule has 0 aromatic heterocycles. The van der Waals surface area contributed by atoms with Gasteiger partial charge in [0.05, 0.1) is 27.9 Å². The molecule has 1 aromatic carbocycles. The summed E-state index contributed by atoms with van der Waals surface area (Å²) in [5.74, 6) is -1.38. The fourth-order valence-corrected chi connectivity index (χ4v) is 3.48. The van der Waals surface area contributed by atoms with E-state index < -0.39 is 22.4 Å². The van der Waals surface area contributed by atoms with Gasteiger partial charge in [0.15, 0.2) is 5.78 Å². The highest BCUT2D eigenvalue weighted by molar-refractivity contribution is 6.18. The van der Waals surface area contributed by atoms with Crippen LogP contribution >= 0.6 is 11.6 Å². The number of halogens is 1. The van der Waals surface area contributed by atoms with Gasteiger partial charge in [-0.1, -0.05) is 12.1 Å². The number of benzene rings is 1. The molecule has 168 valence electrons. The zero-order valence-corrected chi connectivity index (χ0v) is 19.3. The molecule has 1 atom stereocenters. The molecule has 9 heteroatoms. The first-order chi connectivity index (χ1) is 14.4. The maximum absolute atomic E-state index is 13.2. The smallest absolute Gasteiger partial charge is 0.337 e. The molecular weight excluding hydrogens is 424 g/mol. The quantitative estimate of drug-likeness (QED) is 0.264. The largest absolute Gasteiger partial charge is 0.477 e. The van der Waals surface area contributed by atoms with Gasteiger partial charge in [-0.25, -0.2) is 4.79 Å². The molecule has 0 N–H and O–H groups in total. The summed E-state index contributed by atoms with van der Waals surface area (Å²) in [6, 6.07) is 5.87. The number of carbonyl (C=O) groups excluding carboxylic acids is 2. The summed E-state index contributed by atoms with van der Waals surface area (Å²) < 4.78 is 11.4. The Morgan fingerprint density at radius 1 is 1.26 bits per heavy atom. The van der Waals surface area contributed by atoms with E-state index in [-0.39, 0.29) is 41.0 Å². The molecule has 8 nitrogen and oxygen atoms in total. The SMILES string of the molecule is CC(=O)C1=C(OCCCl)N(C)C(C)=C(C(=O)OC(C)(C)C)C1c1cccc([N+](=O)[O-])c1. The van der Waals surface area contributed by atoms with Gasteiger partial charge in [0.2, 0.25) is 5.88 Å². The molecule has 0 aliphatic carbocycles. The van der Waals surface area contributed by atoms with Crippen molar-refractivity contribution in [2.75, 3.05) is 19.5 Å². The van der Waals surface area contributed by atoms with Crippen molar-refractivity contribution in [2.24, 2.45) is 0 Å². The van der Waals surface area contributed by atoms with Crippen LogP contribution in [0.15, 0.2) is 47.0 Å². The van der Waals surface area contributed by atoms with Crippen LogP contribution in [0.25, 0.3) is 0 Å². The van der Waals surface area contributed by atoms with Crippen molar-refractivity contribution in [3.63, 3.8) is 0 Å². The first-order valence-electron chi connectivity index (χ1n) is 9.75. The normalized spacial score (nSPS) is 17.0. The molecule has 1 aromatic rings. The summed E-state index contributed by atoms with van der Waals surface area (Å²) in [5.41, 5.74) is 0.441. The van der Waals surface area contributed by atoms with Crippen LogP contribution in [0, 0.1) is 10.1 Å². The van der Waals surface area contributed by atoms with Gasteiger partial charge < -0.3 is 14.4 Å². The summed E-state index contributed by atoms with van der Waals surface area (Å²) in [5, 5.41) is 11.4. The molecule has 0 fully saturated rings. The molecule has 0 saturated heterocycles. The minimum absolute atomic E-state index is 0.148. The second-order valence-electron chi connectivity index (χ2n) is 8.16. The van der Waals surface area contributed by atoms with Gasteiger partial charge in [-0.05, 0) is 40.2 Å². The highest BCUT2D eigenvalue weighted by Gasteiger charge is 2.41.